The van der Waals surface area contributed by atoms with Crippen LogP contribution in [0.1, 0.15) is 37.7 Å². The first-order valence-electron chi connectivity index (χ1n) is 6.65. The van der Waals surface area contributed by atoms with Crippen LogP contribution in [-0.4, -0.2) is 33.3 Å². The van der Waals surface area contributed by atoms with E-state index in [2.05, 4.69) is 10.4 Å². The van der Waals surface area contributed by atoms with Gasteiger partial charge in [-0.2, -0.15) is 5.10 Å². The molecule has 0 radical (unpaired) electrons. The standard InChI is InChI=1S/C14H21N3O4/c1-14(2,3)7-9(13(20)21)8-15-12(19)10-5-6-11(18)17(4)16-10/h5-6,9H,7-8H2,1-4H3,(H,15,19)(H,20,21). The molecule has 1 aromatic heterocycles. The van der Waals surface area contributed by atoms with Crippen LogP contribution >= 0.6 is 0 Å². The SMILES string of the molecule is Cn1nc(C(=O)NCC(CC(C)(C)C)C(=O)O)ccc1=O. The van der Waals surface area contributed by atoms with Crippen molar-refractivity contribution < 1.29 is 14.7 Å². The summed E-state index contributed by atoms with van der Waals surface area (Å²) in [5.41, 5.74) is -0.387. The Hall–Kier alpha value is -2.18. The summed E-state index contributed by atoms with van der Waals surface area (Å²) in [6.45, 7) is 5.85. The van der Waals surface area contributed by atoms with Crippen LogP contribution in [0.25, 0.3) is 0 Å². The van der Waals surface area contributed by atoms with Gasteiger partial charge in [0.05, 0.1) is 5.92 Å². The normalized spacial score (nSPS) is 12.8. The van der Waals surface area contributed by atoms with E-state index in [0.29, 0.717) is 6.42 Å². The molecule has 116 valence electrons. The van der Waals surface area contributed by atoms with Crippen molar-refractivity contribution in [3.8, 4) is 0 Å². The average Bonchev–Trinajstić information content (AvgIpc) is 2.35. The van der Waals surface area contributed by atoms with Crippen LogP contribution in [0.4, 0.5) is 0 Å². The number of aliphatic carboxylic acids is 1. The summed E-state index contributed by atoms with van der Waals surface area (Å²) in [5.74, 6) is -2.11. The fraction of sp³-hybridized carbons (Fsp3) is 0.571. The fourth-order valence-electron chi connectivity index (χ4n) is 1.92. The Bertz CT molecular complexity index is 587. The maximum Gasteiger partial charge on any atom is 0.308 e. The first-order valence-corrected chi connectivity index (χ1v) is 6.65. The number of carbonyl (C=O) groups is 2. The van der Waals surface area contributed by atoms with E-state index in [-0.39, 0.29) is 23.2 Å². The highest BCUT2D eigenvalue weighted by atomic mass is 16.4. The number of rotatable bonds is 5. The molecular formula is C14H21N3O4. The monoisotopic (exact) mass is 295 g/mol. The molecule has 0 fully saturated rings. The number of carboxylic acids is 1. The molecule has 0 saturated carbocycles. The van der Waals surface area contributed by atoms with Crippen LogP contribution in [0, 0.1) is 11.3 Å². The van der Waals surface area contributed by atoms with Gasteiger partial charge in [0, 0.05) is 19.7 Å². The highest BCUT2D eigenvalue weighted by Crippen LogP contribution is 2.24. The molecule has 0 saturated heterocycles. The number of aromatic nitrogens is 2. The van der Waals surface area contributed by atoms with Gasteiger partial charge in [0.15, 0.2) is 0 Å². The quantitative estimate of drug-likeness (QED) is 0.830. The Kier molecular flexibility index (Phi) is 5.23. The number of nitrogens with zero attached hydrogens (tertiary/aromatic N) is 2. The summed E-state index contributed by atoms with van der Waals surface area (Å²) in [7, 11) is 1.44. The number of hydrogen-bond acceptors (Lipinski definition) is 4. The van der Waals surface area contributed by atoms with Crippen molar-refractivity contribution in [2.75, 3.05) is 6.54 Å². The largest absolute Gasteiger partial charge is 0.481 e. The van der Waals surface area contributed by atoms with Crippen LogP contribution in [0.5, 0.6) is 0 Å². The van der Waals surface area contributed by atoms with E-state index in [1.165, 1.54) is 19.2 Å². The van der Waals surface area contributed by atoms with E-state index in [9.17, 15) is 19.5 Å². The van der Waals surface area contributed by atoms with Gasteiger partial charge in [0.1, 0.15) is 5.69 Å². The van der Waals surface area contributed by atoms with Crippen molar-refractivity contribution >= 4 is 11.9 Å². The van der Waals surface area contributed by atoms with Crippen LogP contribution in [0.15, 0.2) is 16.9 Å². The lowest BCUT2D eigenvalue weighted by Crippen LogP contribution is -2.36. The van der Waals surface area contributed by atoms with Gasteiger partial charge in [0.2, 0.25) is 0 Å². The van der Waals surface area contributed by atoms with Gasteiger partial charge in [0.25, 0.3) is 11.5 Å². The molecule has 7 nitrogen and oxygen atoms in total. The lowest BCUT2D eigenvalue weighted by molar-refractivity contribution is -0.142. The van der Waals surface area contributed by atoms with Gasteiger partial charge < -0.3 is 10.4 Å². The van der Waals surface area contributed by atoms with Crippen LogP contribution < -0.4 is 10.9 Å². The van der Waals surface area contributed by atoms with Gasteiger partial charge in [-0.1, -0.05) is 20.8 Å². The Morgan fingerprint density at radius 3 is 2.48 bits per heavy atom. The fourth-order valence-corrected chi connectivity index (χ4v) is 1.92. The second-order valence-corrected chi connectivity index (χ2v) is 6.19. The number of amides is 1. The first kappa shape index (κ1) is 16.9. The molecule has 7 heteroatoms. The molecular weight excluding hydrogens is 274 g/mol. The Labute approximate surface area is 123 Å². The molecule has 21 heavy (non-hydrogen) atoms. The molecule has 0 aromatic carbocycles. The number of carbonyl (C=O) groups excluding carboxylic acids is 1. The molecule has 1 rings (SSSR count). The molecule has 1 amide bonds. The summed E-state index contributed by atoms with van der Waals surface area (Å²) in [5, 5.41) is 15.6. The third kappa shape index (κ3) is 5.37. The molecule has 1 aromatic rings. The molecule has 2 N–H and O–H groups in total. The minimum atomic E-state index is -0.946. The second-order valence-electron chi connectivity index (χ2n) is 6.19. The summed E-state index contributed by atoms with van der Waals surface area (Å²) < 4.78 is 1.05. The molecule has 1 atom stereocenters. The van der Waals surface area contributed by atoms with Gasteiger partial charge in [-0.25, -0.2) is 4.68 Å². The van der Waals surface area contributed by atoms with E-state index in [0.717, 1.165) is 4.68 Å². The van der Waals surface area contributed by atoms with Crippen molar-refractivity contribution in [1.29, 1.82) is 0 Å². The van der Waals surface area contributed by atoms with Gasteiger partial charge in [-0.15, -0.1) is 0 Å². The summed E-state index contributed by atoms with van der Waals surface area (Å²) in [6, 6.07) is 2.56. The topological polar surface area (TPSA) is 101 Å². The number of aryl methyl sites for hydroxylation is 1. The second kappa shape index (κ2) is 6.51. The van der Waals surface area contributed by atoms with E-state index in [1.54, 1.807) is 0 Å². The Morgan fingerprint density at radius 1 is 1.38 bits per heavy atom. The van der Waals surface area contributed by atoms with Crippen LogP contribution in [0.2, 0.25) is 0 Å². The van der Waals surface area contributed by atoms with Crippen LogP contribution in [-0.2, 0) is 11.8 Å². The predicted octanol–water partition coefficient (Wildman–Crippen LogP) is 0.647. The minimum absolute atomic E-state index is 0.0238. The molecule has 0 aliphatic rings. The van der Waals surface area contributed by atoms with Gasteiger partial charge in [-0.3, -0.25) is 14.4 Å². The molecule has 0 aliphatic heterocycles. The summed E-state index contributed by atoms with van der Waals surface area (Å²) in [6.07, 6.45) is 0.448. The van der Waals surface area contributed by atoms with E-state index in [1.807, 2.05) is 20.8 Å². The number of hydrogen-bond donors (Lipinski definition) is 2. The molecule has 0 spiro atoms. The van der Waals surface area contributed by atoms with Crippen molar-refractivity contribution in [3.63, 3.8) is 0 Å². The zero-order chi connectivity index (χ0) is 16.2. The third-order valence-corrected chi connectivity index (χ3v) is 2.91. The summed E-state index contributed by atoms with van der Waals surface area (Å²) in [4.78, 5) is 34.3. The first-order chi connectivity index (χ1) is 9.60. The molecule has 1 heterocycles. The lowest BCUT2D eigenvalue weighted by Gasteiger charge is -2.23. The lowest BCUT2D eigenvalue weighted by atomic mass is 9.84. The van der Waals surface area contributed by atoms with Gasteiger partial charge >= 0.3 is 5.97 Å². The average molecular weight is 295 g/mol. The minimum Gasteiger partial charge on any atom is -0.481 e. The Morgan fingerprint density at radius 2 is 2.00 bits per heavy atom. The Balaban J connectivity index is 2.71. The maximum atomic E-state index is 11.9. The van der Waals surface area contributed by atoms with Crippen LogP contribution in [0.3, 0.4) is 0 Å². The summed E-state index contributed by atoms with van der Waals surface area (Å²) >= 11 is 0. The van der Waals surface area contributed by atoms with Gasteiger partial charge in [-0.05, 0) is 17.9 Å². The molecule has 1 unspecified atom stereocenters. The highest BCUT2D eigenvalue weighted by Gasteiger charge is 2.25. The molecule has 0 aliphatic carbocycles. The van der Waals surface area contributed by atoms with Crippen molar-refractivity contribution in [1.82, 2.24) is 15.1 Å². The predicted molar refractivity (Wildman–Crippen MR) is 77.0 cm³/mol. The van der Waals surface area contributed by atoms with E-state index in [4.69, 9.17) is 0 Å². The van der Waals surface area contributed by atoms with Crippen molar-refractivity contribution in [2.45, 2.75) is 27.2 Å². The number of carboxylic acid groups (broad SMARTS) is 1. The van der Waals surface area contributed by atoms with Crippen molar-refractivity contribution in [2.24, 2.45) is 18.4 Å². The molecule has 0 bridgehead atoms. The maximum absolute atomic E-state index is 11.9. The van der Waals surface area contributed by atoms with E-state index >= 15 is 0 Å². The zero-order valence-corrected chi connectivity index (χ0v) is 12.7. The van der Waals surface area contributed by atoms with E-state index < -0.39 is 17.8 Å². The third-order valence-electron chi connectivity index (χ3n) is 2.91. The van der Waals surface area contributed by atoms with Crippen molar-refractivity contribution in [3.05, 3.63) is 28.2 Å². The highest BCUT2D eigenvalue weighted by molar-refractivity contribution is 5.92. The zero-order valence-electron chi connectivity index (χ0n) is 12.7. The smallest absolute Gasteiger partial charge is 0.308 e. The number of nitrogens with one attached hydrogen (secondary N) is 1.